The Bertz CT molecular complexity index is 1990. The molecular weight excluding hydrogens is 498 g/mol. The maximum atomic E-state index is 4.42. The number of aromatic nitrogens is 2. The van der Waals surface area contributed by atoms with E-state index in [9.17, 15) is 0 Å². The van der Waals surface area contributed by atoms with Crippen LogP contribution in [0.4, 0.5) is 17.1 Å². The highest BCUT2D eigenvalue weighted by atomic mass is 15.2. The molecule has 2 heterocycles. The van der Waals surface area contributed by atoms with Gasteiger partial charge >= 0.3 is 0 Å². The van der Waals surface area contributed by atoms with Crippen LogP contribution in [0.1, 0.15) is 47.2 Å². The van der Waals surface area contributed by atoms with Crippen molar-refractivity contribution in [1.82, 2.24) is 9.97 Å². The molecule has 194 valence electrons. The summed E-state index contributed by atoms with van der Waals surface area (Å²) < 4.78 is 0. The molecular formula is C38H27N3. The molecule has 0 N–H and O–H groups in total. The van der Waals surface area contributed by atoms with Crippen LogP contribution < -0.4 is 4.90 Å². The molecule has 1 spiro atoms. The Morgan fingerprint density at radius 3 is 1.61 bits per heavy atom. The Morgan fingerprint density at radius 1 is 0.488 bits per heavy atom. The lowest BCUT2D eigenvalue weighted by Gasteiger charge is -2.42. The molecule has 1 aromatic heterocycles. The first-order valence-corrected chi connectivity index (χ1v) is 14.2. The highest BCUT2D eigenvalue weighted by Crippen LogP contribution is 2.65. The summed E-state index contributed by atoms with van der Waals surface area (Å²) in [5.41, 5.74) is 16.1. The predicted octanol–water partition coefficient (Wildman–Crippen LogP) is 8.93. The summed E-state index contributed by atoms with van der Waals surface area (Å²) in [5.74, 6) is 0. The Kier molecular flexibility index (Phi) is 4.33. The van der Waals surface area contributed by atoms with Crippen LogP contribution in [-0.2, 0) is 10.8 Å². The van der Waals surface area contributed by atoms with E-state index in [1.54, 1.807) is 6.33 Å². The lowest BCUT2D eigenvalue weighted by atomic mass is 9.68. The molecule has 0 unspecified atom stereocenters. The minimum absolute atomic E-state index is 0.191. The molecule has 5 aromatic carbocycles. The predicted molar refractivity (Wildman–Crippen MR) is 165 cm³/mol. The fraction of sp³-hybridized carbons (Fsp3) is 0.105. The molecule has 3 aliphatic rings. The second-order valence-electron chi connectivity index (χ2n) is 11.9. The van der Waals surface area contributed by atoms with Crippen molar-refractivity contribution in [3.8, 4) is 22.3 Å². The number of nitrogens with zero attached hydrogens (tertiary/aromatic N) is 3. The standard InChI is InChI=1S/C38H27N3/c1-37(2)32-17-9-10-18-35(32)41(24-21-39-23-40-22-24)36-20-33-28(19-34(36)37)27-13-5-8-16-31(27)38(33)29-14-6-3-11-25(29)26-12-4-7-15-30(26)38/h3-23H,1-2H3. The van der Waals surface area contributed by atoms with Gasteiger partial charge in [-0.15, -0.1) is 0 Å². The first kappa shape index (κ1) is 22.8. The van der Waals surface area contributed by atoms with Gasteiger partial charge in [-0.05, 0) is 73.8 Å². The lowest BCUT2D eigenvalue weighted by Crippen LogP contribution is -2.32. The third kappa shape index (κ3) is 2.69. The molecule has 6 aromatic rings. The van der Waals surface area contributed by atoms with Gasteiger partial charge in [0.05, 0.1) is 34.9 Å². The number of hydrogen-bond acceptors (Lipinski definition) is 3. The van der Waals surface area contributed by atoms with Gasteiger partial charge in [-0.1, -0.05) is 105 Å². The van der Waals surface area contributed by atoms with Crippen LogP contribution in [0.5, 0.6) is 0 Å². The monoisotopic (exact) mass is 525 g/mol. The molecule has 3 nitrogen and oxygen atoms in total. The normalized spacial score (nSPS) is 15.9. The number of fused-ring (bicyclic) bond motifs is 12. The summed E-state index contributed by atoms with van der Waals surface area (Å²) in [4.78, 5) is 11.2. The molecule has 1 aliphatic heterocycles. The molecule has 9 rings (SSSR count). The van der Waals surface area contributed by atoms with Crippen molar-refractivity contribution in [2.45, 2.75) is 24.7 Å². The summed E-state index contributed by atoms with van der Waals surface area (Å²) in [6.45, 7) is 4.71. The quantitative estimate of drug-likeness (QED) is 0.214. The first-order valence-electron chi connectivity index (χ1n) is 14.2. The second kappa shape index (κ2) is 7.80. The van der Waals surface area contributed by atoms with E-state index in [-0.39, 0.29) is 10.8 Å². The van der Waals surface area contributed by atoms with Gasteiger partial charge in [0.25, 0.3) is 0 Å². The largest absolute Gasteiger partial charge is 0.307 e. The summed E-state index contributed by atoms with van der Waals surface area (Å²) in [6.07, 6.45) is 5.44. The second-order valence-corrected chi connectivity index (χ2v) is 11.9. The Hall–Kier alpha value is -5.02. The van der Waals surface area contributed by atoms with Crippen LogP contribution >= 0.6 is 0 Å². The highest BCUT2D eigenvalue weighted by Gasteiger charge is 2.52. The van der Waals surface area contributed by atoms with Crippen LogP contribution in [-0.4, -0.2) is 9.97 Å². The Morgan fingerprint density at radius 2 is 1.00 bits per heavy atom. The van der Waals surface area contributed by atoms with E-state index in [0.29, 0.717) is 0 Å². The number of benzene rings is 5. The topological polar surface area (TPSA) is 29.0 Å². The number of anilines is 3. The van der Waals surface area contributed by atoms with Crippen molar-refractivity contribution in [2.75, 3.05) is 4.90 Å². The summed E-state index contributed by atoms with van der Waals surface area (Å²) >= 11 is 0. The van der Waals surface area contributed by atoms with Gasteiger partial charge in [0.2, 0.25) is 0 Å². The highest BCUT2D eigenvalue weighted by molar-refractivity contribution is 5.98. The van der Waals surface area contributed by atoms with E-state index in [1.807, 2.05) is 12.4 Å². The molecule has 0 saturated heterocycles. The SMILES string of the molecule is CC1(C)c2ccccc2N(c2cncnc2)c2cc3c(cc21)-c1ccccc1C31c2ccccc2-c2ccccc21. The molecule has 41 heavy (non-hydrogen) atoms. The minimum Gasteiger partial charge on any atom is -0.307 e. The van der Waals surface area contributed by atoms with Gasteiger partial charge in [0.15, 0.2) is 0 Å². The minimum atomic E-state index is -0.381. The van der Waals surface area contributed by atoms with E-state index >= 15 is 0 Å². The molecule has 0 radical (unpaired) electrons. The van der Waals surface area contributed by atoms with Crippen LogP contribution in [0.2, 0.25) is 0 Å². The van der Waals surface area contributed by atoms with Crippen LogP contribution in [0.3, 0.4) is 0 Å². The third-order valence-electron chi connectivity index (χ3n) is 9.65. The van der Waals surface area contributed by atoms with Crippen molar-refractivity contribution in [3.05, 3.63) is 161 Å². The van der Waals surface area contributed by atoms with Gasteiger partial charge in [0, 0.05) is 5.41 Å². The van der Waals surface area contributed by atoms with Crippen molar-refractivity contribution in [2.24, 2.45) is 0 Å². The zero-order valence-electron chi connectivity index (χ0n) is 23.0. The molecule has 0 fully saturated rings. The summed E-state index contributed by atoms with van der Waals surface area (Å²) in [6, 6.07) is 40.7. The van der Waals surface area contributed by atoms with E-state index < -0.39 is 0 Å². The van der Waals surface area contributed by atoms with Crippen molar-refractivity contribution in [1.29, 1.82) is 0 Å². The fourth-order valence-corrected chi connectivity index (χ4v) is 7.97. The van der Waals surface area contributed by atoms with Gasteiger partial charge in [-0.3, -0.25) is 0 Å². The zero-order valence-corrected chi connectivity index (χ0v) is 23.0. The molecule has 0 bridgehead atoms. The third-order valence-corrected chi connectivity index (χ3v) is 9.65. The lowest BCUT2D eigenvalue weighted by molar-refractivity contribution is 0.631. The molecule has 0 saturated carbocycles. The average molecular weight is 526 g/mol. The zero-order chi connectivity index (χ0) is 27.3. The van der Waals surface area contributed by atoms with Crippen LogP contribution in [0, 0.1) is 0 Å². The Balaban J connectivity index is 1.44. The maximum absolute atomic E-state index is 4.42. The van der Waals surface area contributed by atoms with Crippen LogP contribution in [0.25, 0.3) is 22.3 Å². The van der Waals surface area contributed by atoms with Gasteiger partial charge in [0.1, 0.15) is 6.33 Å². The fourth-order valence-electron chi connectivity index (χ4n) is 7.97. The van der Waals surface area contributed by atoms with E-state index in [4.69, 9.17) is 0 Å². The number of hydrogen-bond donors (Lipinski definition) is 0. The maximum Gasteiger partial charge on any atom is 0.115 e. The molecule has 0 atom stereocenters. The van der Waals surface area contributed by atoms with Gasteiger partial charge in [-0.25, -0.2) is 9.97 Å². The summed E-state index contributed by atoms with van der Waals surface area (Å²) in [7, 11) is 0. The first-order chi connectivity index (χ1) is 20.1. The van der Waals surface area contributed by atoms with E-state index in [0.717, 1.165) is 5.69 Å². The van der Waals surface area contributed by atoms with E-state index in [2.05, 4.69) is 138 Å². The molecule has 3 heteroatoms. The van der Waals surface area contributed by atoms with Crippen molar-refractivity contribution < 1.29 is 0 Å². The van der Waals surface area contributed by atoms with Crippen molar-refractivity contribution >= 4 is 17.1 Å². The van der Waals surface area contributed by atoms with Gasteiger partial charge in [-0.2, -0.15) is 0 Å². The van der Waals surface area contributed by atoms with Gasteiger partial charge < -0.3 is 4.90 Å². The van der Waals surface area contributed by atoms with E-state index in [1.165, 1.54) is 67.0 Å². The average Bonchev–Trinajstić information content (AvgIpc) is 3.48. The molecule has 2 aliphatic carbocycles. The Labute approximate surface area is 239 Å². The smallest absolute Gasteiger partial charge is 0.115 e. The van der Waals surface area contributed by atoms with Crippen LogP contribution in [0.15, 0.2) is 128 Å². The number of rotatable bonds is 1. The number of para-hydroxylation sites is 1. The van der Waals surface area contributed by atoms with Crippen molar-refractivity contribution in [3.63, 3.8) is 0 Å². The molecule has 0 amide bonds. The summed E-state index contributed by atoms with van der Waals surface area (Å²) in [5, 5.41) is 0.